The van der Waals surface area contributed by atoms with E-state index in [2.05, 4.69) is 51.8 Å². The summed E-state index contributed by atoms with van der Waals surface area (Å²) < 4.78 is 1.16. The molecule has 1 aromatic carbocycles. The largest absolute Gasteiger partial charge is 0.384 e. The molecule has 2 N–H and O–H groups in total. The van der Waals surface area contributed by atoms with Crippen molar-refractivity contribution in [3.05, 3.63) is 28.7 Å². The maximum absolute atomic E-state index is 3.57. The average Bonchev–Trinajstić information content (AvgIpc) is 2.38. The zero-order valence-corrected chi connectivity index (χ0v) is 12.0. The molecule has 94 valence electrons. The Balaban J connectivity index is 1.78. The monoisotopic (exact) mass is 296 g/mol. The van der Waals surface area contributed by atoms with E-state index < -0.39 is 0 Å². The van der Waals surface area contributed by atoms with Crippen LogP contribution in [-0.4, -0.2) is 19.6 Å². The lowest BCUT2D eigenvalue weighted by Gasteiger charge is -2.28. The minimum absolute atomic E-state index is 0.745. The Morgan fingerprint density at radius 1 is 1.18 bits per heavy atom. The summed E-state index contributed by atoms with van der Waals surface area (Å²) in [6.45, 7) is 1.10. The highest BCUT2D eigenvalue weighted by Gasteiger charge is 2.19. The third-order valence-electron chi connectivity index (χ3n) is 3.71. The lowest BCUT2D eigenvalue weighted by molar-refractivity contribution is 0.312. The molecule has 17 heavy (non-hydrogen) atoms. The van der Waals surface area contributed by atoms with Gasteiger partial charge in [0.2, 0.25) is 0 Å². The molecule has 1 aliphatic carbocycles. The van der Waals surface area contributed by atoms with Gasteiger partial charge in [0.25, 0.3) is 0 Å². The van der Waals surface area contributed by atoms with E-state index in [0.717, 1.165) is 23.0 Å². The molecule has 0 aliphatic heterocycles. The molecule has 0 amide bonds. The van der Waals surface area contributed by atoms with Crippen LogP contribution in [-0.2, 0) is 0 Å². The number of hydrogen-bond acceptors (Lipinski definition) is 2. The summed E-state index contributed by atoms with van der Waals surface area (Å²) in [5.41, 5.74) is 1.21. The zero-order valence-electron chi connectivity index (χ0n) is 10.4. The van der Waals surface area contributed by atoms with Gasteiger partial charge < -0.3 is 10.6 Å². The Morgan fingerprint density at radius 3 is 2.53 bits per heavy atom. The van der Waals surface area contributed by atoms with Crippen LogP contribution >= 0.6 is 15.9 Å². The summed E-state index contributed by atoms with van der Waals surface area (Å²) in [7, 11) is 2.07. The van der Waals surface area contributed by atoms with Crippen molar-refractivity contribution in [1.82, 2.24) is 5.32 Å². The normalized spacial score (nSPS) is 24.6. The first kappa shape index (κ1) is 12.9. The van der Waals surface area contributed by atoms with Crippen molar-refractivity contribution < 1.29 is 0 Å². The van der Waals surface area contributed by atoms with Crippen molar-refractivity contribution >= 4 is 21.6 Å². The van der Waals surface area contributed by atoms with Crippen LogP contribution in [0.25, 0.3) is 0 Å². The summed E-state index contributed by atoms with van der Waals surface area (Å²) in [6.07, 6.45) is 5.31. The predicted molar refractivity (Wildman–Crippen MR) is 77.4 cm³/mol. The van der Waals surface area contributed by atoms with E-state index in [1.54, 1.807) is 0 Å². The molecule has 0 radical (unpaired) electrons. The van der Waals surface area contributed by atoms with Crippen LogP contribution in [0.5, 0.6) is 0 Å². The van der Waals surface area contributed by atoms with Gasteiger partial charge in [-0.25, -0.2) is 0 Å². The summed E-state index contributed by atoms with van der Waals surface area (Å²) in [6, 6.07) is 9.08. The van der Waals surface area contributed by atoms with Crippen LogP contribution in [0.15, 0.2) is 28.7 Å². The van der Waals surface area contributed by atoms with Crippen LogP contribution in [0.3, 0.4) is 0 Å². The summed E-state index contributed by atoms with van der Waals surface area (Å²) in [5, 5.41) is 6.93. The molecule has 0 aromatic heterocycles. The van der Waals surface area contributed by atoms with E-state index in [0.29, 0.717) is 0 Å². The molecule has 3 heteroatoms. The van der Waals surface area contributed by atoms with Crippen molar-refractivity contribution in [1.29, 1.82) is 0 Å². The average molecular weight is 297 g/mol. The first-order valence-corrected chi connectivity index (χ1v) is 7.24. The Labute approximate surface area is 112 Å². The Kier molecular flexibility index (Phi) is 4.86. The fourth-order valence-corrected chi connectivity index (χ4v) is 2.94. The summed E-state index contributed by atoms with van der Waals surface area (Å²) in [5.74, 6) is 0.826. The molecular formula is C14H21BrN2. The van der Waals surface area contributed by atoms with Gasteiger partial charge in [-0.05, 0) is 66.7 Å². The van der Waals surface area contributed by atoms with Gasteiger partial charge in [-0.1, -0.05) is 12.1 Å². The number of anilines is 1. The van der Waals surface area contributed by atoms with E-state index in [4.69, 9.17) is 0 Å². The van der Waals surface area contributed by atoms with Gasteiger partial charge in [-0.2, -0.15) is 0 Å². The Bertz CT molecular complexity index is 346. The molecule has 1 fully saturated rings. The molecule has 0 saturated heterocycles. The van der Waals surface area contributed by atoms with Gasteiger partial charge in [0.1, 0.15) is 0 Å². The van der Waals surface area contributed by atoms with Gasteiger partial charge in [-0.15, -0.1) is 0 Å². The zero-order chi connectivity index (χ0) is 12.1. The topological polar surface area (TPSA) is 24.1 Å². The fraction of sp³-hybridized carbons (Fsp3) is 0.571. The van der Waals surface area contributed by atoms with Crippen molar-refractivity contribution in [3.8, 4) is 0 Å². The van der Waals surface area contributed by atoms with Crippen LogP contribution in [0.1, 0.15) is 25.7 Å². The standard InChI is InChI=1S/C14H21BrN2/c1-16-12-8-6-11(7-9-12)10-17-14-5-3-2-4-13(14)15/h2-5,11-12,16-17H,6-10H2,1H3. The van der Waals surface area contributed by atoms with E-state index in [1.165, 1.54) is 31.4 Å². The number of halogens is 1. The number of nitrogens with one attached hydrogen (secondary N) is 2. The summed E-state index contributed by atoms with van der Waals surface area (Å²) in [4.78, 5) is 0. The van der Waals surface area contributed by atoms with Crippen molar-refractivity contribution in [2.45, 2.75) is 31.7 Å². The second-order valence-electron chi connectivity index (χ2n) is 4.87. The highest BCUT2D eigenvalue weighted by molar-refractivity contribution is 9.10. The minimum atomic E-state index is 0.745. The molecule has 1 saturated carbocycles. The van der Waals surface area contributed by atoms with Gasteiger partial charge in [-0.3, -0.25) is 0 Å². The van der Waals surface area contributed by atoms with Gasteiger partial charge in [0.15, 0.2) is 0 Å². The third-order valence-corrected chi connectivity index (χ3v) is 4.40. The molecule has 0 bridgehead atoms. The molecule has 1 aromatic rings. The van der Waals surface area contributed by atoms with E-state index in [-0.39, 0.29) is 0 Å². The maximum atomic E-state index is 3.57. The number of benzene rings is 1. The van der Waals surface area contributed by atoms with Crippen molar-refractivity contribution in [2.75, 3.05) is 18.9 Å². The SMILES string of the molecule is CNC1CCC(CNc2ccccc2Br)CC1. The first-order valence-electron chi connectivity index (χ1n) is 6.45. The fourth-order valence-electron chi connectivity index (χ4n) is 2.51. The maximum Gasteiger partial charge on any atom is 0.0484 e. The molecule has 2 rings (SSSR count). The second-order valence-corrected chi connectivity index (χ2v) is 5.72. The minimum Gasteiger partial charge on any atom is -0.384 e. The van der Waals surface area contributed by atoms with Crippen LogP contribution in [0.4, 0.5) is 5.69 Å². The number of hydrogen-bond donors (Lipinski definition) is 2. The highest BCUT2D eigenvalue weighted by atomic mass is 79.9. The molecule has 1 aliphatic rings. The lowest BCUT2D eigenvalue weighted by atomic mass is 9.86. The Hall–Kier alpha value is -0.540. The molecule has 0 spiro atoms. The number of rotatable bonds is 4. The van der Waals surface area contributed by atoms with Gasteiger partial charge in [0, 0.05) is 22.7 Å². The third kappa shape index (κ3) is 3.71. The lowest BCUT2D eigenvalue weighted by Crippen LogP contribution is -2.32. The van der Waals surface area contributed by atoms with Gasteiger partial charge >= 0.3 is 0 Å². The molecule has 0 heterocycles. The first-order chi connectivity index (χ1) is 8.29. The van der Waals surface area contributed by atoms with Gasteiger partial charge in [0.05, 0.1) is 0 Å². The van der Waals surface area contributed by atoms with Crippen LogP contribution in [0.2, 0.25) is 0 Å². The van der Waals surface area contributed by atoms with Crippen molar-refractivity contribution in [2.24, 2.45) is 5.92 Å². The molecular weight excluding hydrogens is 276 g/mol. The number of para-hydroxylation sites is 1. The predicted octanol–water partition coefficient (Wildman–Crippen LogP) is 3.64. The van der Waals surface area contributed by atoms with E-state index >= 15 is 0 Å². The molecule has 0 atom stereocenters. The second kappa shape index (κ2) is 6.41. The molecule has 0 unspecified atom stereocenters. The smallest absolute Gasteiger partial charge is 0.0484 e. The highest BCUT2D eigenvalue weighted by Crippen LogP contribution is 2.26. The summed E-state index contributed by atoms with van der Waals surface area (Å²) >= 11 is 3.57. The van der Waals surface area contributed by atoms with Crippen LogP contribution < -0.4 is 10.6 Å². The molecule has 2 nitrogen and oxygen atoms in total. The van der Waals surface area contributed by atoms with Crippen molar-refractivity contribution in [3.63, 3.8) is 0 Å². The van der Waals surface area contributed by atoms with E-state index in [9.17, 15) is 0 Å². The van der Waals surface area contributed by atoms with E-state index in [1.807, 2.05) is 6.07 Å². The van der Waals surface area contributed by atoms with Crippen LogP contribution in [0, 0.1) is 5.92 Å². The quantitative estimate of drug-likeness (QED) is 0.886. The Morgan fingerprint density at radius 2 is 1.88 bits per heavy atom.